The summed E-state index contributed by atoms with van der Waals surface area (Å²) >= 11 is 0. The van der Waals surface area contributed by atoms with Crippen molar-refractivity contribution in [3.63, 3.8) is 0 Å². The molecular weight excluding hydrogens is 346 g/mol. The van der Waals surface area contributed by atoms with Crippen molar-refractivity contribution in [2.24, 2.45) is 5.92 Å². The number of carboxylic acid groups (broad SMARTS) is 1. The minimum atomic E-state index is -3.36. The maximum absolute atomic E-state index is 12.3. The monoisotopic (exact) mass is 373 g/mol. The predicted octanol–water partition coefficient (Wildman–Crippen LogP) is 0.886. The highest BCUT2D eigenvalue weighted by atomic mass is 32.2. The first-order chi connectivity index (χ1) is 11.8. The topological polar surface area (TPSA) is 116 Å². The van der Waals surface area contributed by atoms with Crippen LogP contribution in [0.4, 0.5) is 4.79 Å². The number of rotatable bonds is 5. The number of urea groups is 1. The number of likely N-dealkylation sites (tertiary alicyclic amines) is 1. The summed E-state index contributed by atoms with van der Waals surface area (Å²) in [7, 11) is -3.36. The van der Waals surface area contributed by atoms with Crippen LogP contribution in [-0.4, -0.2) is 60.8 Å². The van der Waals surface area contributed by atoms with Crippen molar-refractivity contribution in [3.05, 3.63) is 0 Å². The summed E-state index contributed by atoms with van der Waals surface area (Å²) in [5.74, 6) is -1.08. The number of hydrogen-bond acceptors (Lipinski definition) is 4. The van der Waals surface area contributed by atoms with E-state index < -0.39 is 21.2 Å². The number of nitrogens with zero attached hydrogens (tertiary/aromatic N) is 1. The summed E-state index contributed by atoms with van der Waals surface area (Å²) in [5.41, 5.74) is 0. The Morgan fingerprint density at radius 1 is 0.920 bits per heavy atom. The molecule has 0 aromatic rings. The normalized spacial score (nSPS) is 28.6. The molecule has 0 radical (unpaired) electrons. The molecule has 3 aliphatic rings. The van der Waals surface area contributed by atoms with Gasteiger partial charge in [-0.05, 0) is 38.5 Å². The van der Waals surface area contributed by atoms with Crippen LogP contribution in [0, 0.1) is 5.92 Å². The molecule has 0 aromatic carbocycles. The number of aliphatic carboxylic acids is 1. The van der Waals surface area contributed by atoms with E-state index in [1.54, 1.807) is 0 Å². The van der Waals surface area contributed by atoms with E-state index in [-0.39, 0.29) is 37.1 Å². The summed E-state index contributed by atoms with van der Waals surface area (Å²) in [6.45, 7) is 0.441. The molecule has 0 bridgehead atoms. The molecule has 2 amide bonds. The minimum absolute atomic E-state index is 0.0182. The molecule has 9 heteroatoms. The van der Waals surface area contributed by atoms with Crippen LogP contribution in [0.2, 0.25) is 0 Å². The van der Waals surface area contributed by atoms with Crippen molar-refractivity contribution in [1.82, 2.24) is 14.9 Å². The summed E-state index contributed by atoms with van der Waals surface area (Å²) in [4.78, 5) is 24.7. The Morgan fingerprint density at radius 2 is 1.52 bits per heavy atom. The van der Waals surface area contributed by atoms with E-state index in [0.29, 0.717) is 25.7 Å². The van der Waals surface area contributed by atoms with Crippen molar-refractivity contribution < 1.29 is 23.1 Å². The van der Waals surface area contributed by atoms with Gasteiger partial charge in [0.05, 0.1) is 5.92 Å². The molecule has 25 heavy (non-hydrogen) atoms. The molecule has 142 valence electrons. The van der Waals surface area contributed by atoms with Crippen molar-refractivity contribution in [2.75, 3.05) is 13.1 Å². The Bertz CT molecular complexity index is 603. The molecule has 2 aliphatic carbocycles. The van der Waals surface area contributed by atoms with E-state index in [4.69, 9.17) is 5.11 Å². The van der Waals surface area contributed by atoms with E-state index in [1.807, 2.05) is 0 Å². The van der Waals surface area contributed by atoms with Crippen LogP contribution in [0.5, 0.6) is 0 Å². The molecule has 1 heterocycles. The summed E-state index contributed by atoms with van der Waals surface area (Å²) in [5, 5.41) is 11.4. The van der Waals surface area contributed by atoms with Gasteiger partial charge in [-0.15, -0.1) is 0 Å². The number of nitrogens with one attached hydrogen (secondary N) is 2. The highest BCUT2D eigenvalue weighted by molar-refractivity contribution is 7.90. The first-order valence-corrected chi connectivity index (χ1v) is 10.7. The molecule has 0 spiro atoms. The fourth-order valence-corrected chi connectivity index (χ4v) is 5.57. The van der Waals surface area contributed by atoms with Crippen molar-refractivity contribution in [3.8, 4) is 0 Å². The number of carbonyl (C=O) groups is 2. The molecule has 1 saturated heterocycles. The zero-order chi connectivity index (χ0) is 18.0. The Balaban J connectivity index is 1.40. The molecule has 1 aliphatic heterocycles. The van der Waals surface area contributed by atoms with Crippen molar-refractivity contribution >= 4 is 22.0 Å². The van der Waals surface area contributed by atoms with Gasteiger partial charge in [-0.3, -0.25) is 4.79 Å². The van der Waals surface area contributed by atoms with Crippen LogP contribution in [0.15, 0.2) is 0 Å². The van der Waals surface area contributed by atoms with Crippen molar-refractivity contribution in [1.29, 1.82) is 0 Å². The maximum Gasteiger partial charge on any atom is 0.317 e. The Hall–Kier alpha value is -1.35. The Labute approximate surface area is 148 Å². The van der Waals surface area contributed by atoms with Gasteiger partial charge < -0.3 is 15.3 Å². The summed E-state index contributed by atoms with van der Waals surface area (Å²) < 4.78 is 27.4. The van der Waals surface area contributed by atoms with E-state index in [0.717, 1.165) is 25.7 Å². The van der Waals surface area contributed by atoms with Crippen LogP contribution in [-0.2, 0) is 14.8 Å². The van der Waals surface area contributed by atoms with Gasteiger partial charge in [-0.1, -0.05) is 12.8 Å². The lowest BCUT2D eigenvalue weighted by Gasteiger charge is -2.40. The SMILES string of the molecule is O=C(O)C1CCC(NC(=O)N2CC(S(=O)(=O)NC3CCCC3)C2)CC1. The average Bonchev–Trinajstić information content (AvgIpc) is 2.97. The van der Waals surface area contributed by atoms with Crippen LogP contribution >= 0.6 is 0 Å². The second-order valence-electron chi connectivity index (χ2n) is 7.51. The maximum atomic E-state index is 12.3. The average molecular weight is 373 g/mol. The first-order valence-electron chi connectivity index (χ1n) is 9.14. The second kappa shape index (κ2) is 7.49. The first kappa shape index (κ1) is 18.4. The number of carbonyl (C=O) groups excluding carboxylic acids is 1. The third kappa shape index (κ3) is 4.44. The standard InChI is InChI=1S/C16H27N3O5S/c20-15(21)11-5-7-12(8-6-11)17-16(22)19-9-14(10-19)25(23,24)18-13-3-1-2-4-13/h11-14,18H,1-10H2,(H,17,22)(H,20,21). The van der Waals surface area contributed by atoms with Crippen LogP contribution in [0.3, 0.4) is 0 Å². The molecular formula is C16H27N3O5S. The van der Waals surface area contributed by atoms with Crippen LogP contribution < -0.4 is 10.0 Å². The molecule has 3 fully saturated rings. The highest BCUT2D eigenvalue weighted by Crippen LogP contribution is 2.25. The Morgan fingerprint density at radius 3 is 2.08 bits per heavy atom. The molecule has 0 unspecified atom stereocenters. The number of sulfonamides is 1. The van der Waals surface area contributed by atoms with E-state index >= 15 is 0 Å². The zero-order valence-corrected chi connectivity index (χ0v) is 15.1. The molecule has 3 rings (SSSR count). The molecule has 3 N–H and O–H groups in total. The summed E-state index contributed by atoms with van der Waals surface area (Å²) in [6, 6.07) is -0.209. The molecule has 8 nitrogen and oxygen atoms in total. The zero-order valence-electron chi connectivity index (χ0n) is 14.3. The molecule has 2 saturated carbocycles. The van der Waals surface area contributed by atoms with Gasteiger partial charge in [0.15, 0.2) is 0 Å². The van der Waals surface area contributed by atoms with Gasteiger partial charge in [-0.25, -0.2) is 17.9 Å². The largest absolute Gasteiger partial charge is 0.481 e. The number of amides is 2. The third-order valence-corrected chi connectivity index (χ3v) is 7.50. The fraction of sp³-hybridized carbons (Fsp3) is 0.875. The van der Waals surface area contributed by atoms with Gasteiger partial charge in [-0.2, -0.15) is 0 Å². The number of hydrogen-bond donors (Lipinski definition) is 3. The van der Waals surface area contributed by atoms with Gasteiger partial charge in [0.25, 0.3) is 0 Å². The van der Waals surface area contributed by atoms with E-state index in [2.05, 4.69) is 10.0 Å². The fourth-order valence-electron chi connectivity index (χ4n) is 3.92. The van der Waals surface area contributed by atoms with Gasteiger partial charge in [0, 0.05) is 25.2 Å². The van der Waals surface area contributed by atoms with Gasteiger partial charge in [0.2, 0.25) is 10.0 Å². The number of carboxylic acids is 1. The minimum Gasteiger partial charge on any atom is -0.481 e. The highest BCUT2D eigenvalue weighted by Gasteiger charge is 2.41. The summed E-state index contributed by atoms with van der Waals surface area (Å²) in [6.07, 6.45) is 6.38. The van der Waals surface area contributed by atoms with Gasteiger partial charge >= 0.3 is 12.0 Å². The lowest BCUT2D eigenvalue weighted by atomic mass is 9.86. The van der Waals surface area contributed by atoms with Crippen LogP contribution in [0.25, 0.3) is 0 Å². The smallest absolute Gasteiger partial charge is 0.317 e. The lowest BCUT2D eigenvalue weighted by molar-refractivity contribution is -0.142. The lowest BCUT2D eigenvalue weighted by Crippen LogP contribution is -2.63. The molecule has 0 aromatic heterocycles. The van der Waals surface area contributed by atoms with Crippen LogP contribution in [0.1, 0.15) is 51.4 Å². The quantitative estimate of drug-likeness (QED) is 0.662. The van der Waals surface area contributed by atoms with Gasteiger partial charge in [0.1, 0.15) is 5.25 Å². The third-order valence-electron chi connectivity index (χ3n) is 5.66. The van der Waals surface area contributed by atoms with Crippen molar-refractivity contribution in [2.45, 2.75) is 68.7 Å². The van der Waals surface area contributed by atoms with E-state index in [9.17, 15) is 18.0 Å². The Kier molecular flexibility index (Phi) is 5.52. The molecule has 0 atom stereocenters. The second-order valence-corrected chi connectivity index (χ2v) is 9.50. The van der Waals surface area contributed by atoms with E-state index in [1.165, 1.54) is 4.90 Å². The predicted molar refractivity (Wildman–Crippen MR) is 91.6 cm³/mol.